The van der Waals surface area contributed by atoms with E-state index in [0.29, 0.717) is 48.8 Å². The molecule has 1 aliphatic heterocycles. The summed E-state index contributed by atoms with van der Waals surface area (Å²) in [4.78, 5) is 34.1. The van der Waals surface area contributed by atoms with E-state index in [-0.39, 0.29) is 29.5 Å². The predicted octanol–water partition coefficient (Wildman–Crippen LogP) is 5.65. The zero-order chi connectivity index (χ0) is 26.4. The van der Waals surface area contributed by atoms with Crippen LogP contribution in [0.15, 0.2) is 66.9 Å². The first-order valence-corrected chi connectivity index (χ1v) is 13.0. The van der Waals surface area contributed by atoms with E-state index in [4.69, 9.17) is 0 Å². The Kier molecular flexibility index (Phi) is 8.54. The van der Waals surface area contributed by atoms with Gasteiger partial charge in [0.25, 0.3) is 5.91 Å². The number of carbonyl (C=O) groups excluding carboxylic acids is 2. The summed E-state index contributed by atoms with van der Waals surface area (Å²) in [6, 6.07) is 18.2. The van der Waals surface area contributed by atoms with Crippen LogP contribution in [0.5, 0.6) is 0 Å². The fraction of sp³-hybridized carbons (Fsp3) is 0.367. The fourth-order valence-electron chi connectivity index (χ4n) is 5.25. The van der Waals surface area contributed by atoms with Gasteiger partial charge in [-0.3, -0.25) is 14.6 Å². The number of anilines is 2. The molecule has 2 heterocycles. The van der Waals surface area contributed by atoms with Gasteiger partial charge in [0.15, 0.2) is 0 Å². The maximum Gasteiger partial charge on any atom is 0.257 e. The van der Waals surface area contributed by atoms with Crippen LogP contribution in [-0.2, 0) is 4.79 Å². The zero-order valence-electron chi connectivity index (χ0n) is 21.8. The van der Waals surface area contributed by atoms with Crippen molar-refractivity contribution >= 4 is 23.2 Å². The van der Waals surface area contributed by atoms with Gasteiger partial charge in [0.2, 0.25) is 5.91 Å². The van der Waals surface area contributed by atoms with Gasteiger partial charge >= 0.3 is 0 Å². The number of aryl methyl sites for hydroxylation is 1. The Bertz CT molecular complexity index is 1220. The van der Waals surface area contributed by atoms with E-state index in [2.05, 4.69) is 10.3 Å². The highest BCUT2D eigenvalue weighted by Gasteiger charge is 2.35. The number of nitrogens with one attached hydrogen (secondary N) is 1. The Balaban J connectivity index is 1.45. The molecule has 0 bridgehead atoms. The molecule has 37 heavy (non-hydrogen) atoms. The van der Waals surface area contributed by atoms with E-state index < -0.39 is 0 Å². The molecule has 0 radical (unpaired) electrons. The lowest BCUT2D eigenvalue weighted by Crippen LogP contribution is -2.42. The van der Waals surface area contributed by atoms with Crippen molar-refractivity contribution < 1.29 is 14.0 Å². The van der Waals surface area contributed by atoms with Gasteiger partial charge in [0.1, 0.15) is 5.82 Å². The maximum atomic E-state index is 15.1. The second kappa shape index (κ2) is 12.0. The third-order valence-corrected chi connectivity index (χ3v) is 7.31. The first kappa shape index (κ1) is 26.3. The third kappa shape index (κ3) is 5.98. The molecule has 1 atom stereocenters. The zero-order valence-corrected chi connectivity index (χ0v) is 21.8. The Morgan fingerprint density at radius 1 is 1.05 bits per heavy atom. The van der Waals surface area contributed by atoms with Gasteiger partial charge in [-0.05, 0) is 75.4 Å². The molecule has 1 N–H and O–H groups in total. The Morgan fingerprint density at radius 3 is 2.38 bits per heavy atom. The minimum atomic E-state index is -0.377. The van der Waals surface area contributed by atoms with Crippen LogP contribution in [0.25, 0.3) is 0 Å². The van der Waals surface area contributed by atoms with Crippen molar-refractivity contribution in [2.24, 2.45) is 5.92 Å². The lowest BCUT2D eigenvalue weighted by Gasteiger charge is -2.38. The summed E-state index contributed by atoms with van der Waals surface area (Å²) in [7, 11) is 0. The van der Waals surface area contributed by atoms with Crippen molar-refractivity contribution in [2.45, 2.75) is 39.5 Å². The molecule has 1 aromatic heterocycles. The van der Waals surface area contributed by atoms with Crippen molar-refractivity contribution in [3.05, 3.63) is 89.5 Å². The molecule has 194 valence electrons. The van der Waals surface area contributed by atoms with E-state index in [0.717, 1.165) is 18.4 Å². The molecule has 2 amide bonds. The second-order valence-electron chi connectivity index (χ2n) is 9.48. The number of hydrogen-bond donors (Lipinski definition) is 1. The molecule has 1 fully saturated rings. The molecule has 0 spiro atoms. The Morgan fingerprint density at radius 2 is 1.76 bits per heavy atom. The van der Waals surface area contributed by atoms with E-state index in [1.165, 1.54) is 6.07 Å². The van der Waals surface area contributed by atoms with E-state index >= 15 is 4.39 Å². The summed E-state index contributed by atoms with van der Waals surface area (Å²) >= 11 is 0. The van der Waals surface area contributed by atoms with Gasteiger partial charge in [0, 0.05) is 43.8 Å². The molecule has 2 aromatic carbocycles. The molecule has 1 saturated heterocycles. The van der Waals surface area contributed by atoms with E-state index in [1.807, 2.05) is 54.0 Å². The first-order chi connectivity index (χ1) is 17.9. The molecule has 1 aliphatic rings. The van der Waals surface area contributed by atoms with Crippen LogP contribution in [0.1, 0.15) is 54.2 Å². The summed E-state index contributed by atoms with van der Waals surface area (Å²) in [5, 5.41) is 2.76. The van der Waals surface area contributed by atoms with Crippen LogP contribution >= 0.6 is 0 Å². The monoisotopic (exact) mass is 502 g/mol. The van der Waals surface area contributed by atoms with E-state index in [9.17, 15) is 9.59 Å². The number of likely N-dealkylation sites (N-methyl/N-ethyl adjacent to an activating group) is 1. The summed E-state index contributed by atoms with van der Waals surface area (Å²) in [6.07, 6.45) is 3.22. The molecule has 4 rings (SSSR count). The fourth-order valence-corrected chi connectivity index (χ4v) is 5.25. The molecule has 6 nitrogen and oxygen atoms in total. The van der Waals surface area contributed by atoms with Crippen LogP contribution in [0.2, 0.25) is 0 Å². The highest BCUT2D eigenvalue weighted by molar-refractivity contribution is 6.05. The third-order valence-electron chi connectivity index (χ3n) is 7.31. The summed E-state index contributed by atoms with van der Waals surface area (Å²) in [6.45, 7) is 8.49. The average molecular weight is 503 g/mol. The minimum Gasteiger partial charge on any atom is -0.369 e. The number of nitrogens with zero attached hydrogens (tertiary/aromatic N) is 3. The Hall–Kier alpha value is -3.74. The van der Waals surface area contributed by atoms with Crippen LogP contribution < -0.4 is 10.2 Å². The summed E-state index contributed by atoms with van der Waals surface area (Å²) in [5.41, 5.74) is 3.04. The van der Waals surface area contributed by atoms with Crippen LogP contribution in [-0.4, -0.2) is 47.9 Å². The number of hydrogen-bond acceptors (Lipinski definition) is 4. The van der Waals surface area contributed by atoms with Gasteiger partial charge in [0.05, 0.1) is 17.2 Å². The number of piperidine rings is 1. The number of carbonyl (C=O) groups is 2. The molecular weight excluding hydrogens is 467 g/mol. The van der Waals surface area contributed by atoms with Gasteiger partial charge in [-0.25, -0.2) is 4.39 Å². The molecule has 3 aromatic rings. The van der Waals surface area contributed by atoms with Crippen molar-refractivity contribution in [2.75, 3.05) is 36.4 Å². The second-order valence-corrected chi connectivity index (χ2v) is 9.48. The molecule has 7 heteroatoms. The predicted molar refractivity (Wildman–Crippen MR) is 145 cm³/mol. The minimum absolute atomic E-state index is 0.171. The lowest BCUT2D eigenvalue weighted by molar-refractivity contribution is -0.134. The smallest absolute Gasteiger partial charge is 0.257 e. The molecule has 1 unspecified atom stereocenters. The average Bonchev–Trinajstić information content (AvgIpc) is 2.91. The van der Waals surface area contributed by atoms with Gasteiger partial charge < -0.3 is 15.1 Å². The number of amides is 2. The van der Waals surface area contributed by atoms with Gasteiger partial charge in [-0.15, -0.1) is 0 Å². The number of pyridine rings is 1. The summed E-state index contributed by atoms with van der Waals surface area (Å²) < 4.78 is 15.1. The van der Waals surface area contributed by atoms with Crippen LogP contribution in [0.3, 0.4) is 0 Å². The highest BCUT2D eigenvalue weighted by atomic mass is 19.1. The normalized spacial score (nSPS) is 14.8. The summed E-state index contributed by atoms with van der Waals surface area (Å²) in [5.74, 6) is -0.524. The lowest BCUT2D eigenvalue weighted by atomic mass is 9.79. The quantitative estimate of drug-likeness (QED) is 0.432. The van der Waals surface area contributed by atoms with E-state index in [1.54, 1.807) is 37.4 Å². The topological polar surface area (TPSA) is 65.5 Å². The number of rotatable bonds is 8. The first-order valence-electron chi connectivity index (χ1n) is 13.0. The number of aromatic nitrogens is 1. The van der Waals surface area contributed by atoms with Crippen LogP contribution in [0, 0.1) is 18.7 Å². The molecule has 0 aliphatic carbocycles. The molecule has 0 saturated carbocycles. The van der Waals surface area contributed by atoms with Crippen molar-refractivity contribution in [3.63, 3.8) is 0 Å². The molecular formula is C30H35FN4O2. The van der Waals surface area contributed by atoms with Crippen molar-refractivity contribution in [3.8, 4) is 0 Å². The maximum absolute atomic E-state index is 15.1. The Labute approximate surface area is 218 Å². The van der Waals surface area contributed by atoms with Crippen LogP contribution in [0.4, 0.5) is 15.8 Å². The van der Waals surface area contributed by atoms with Crippen molar-refractivity contribution in [1.82, 2.24) is 9.88 Å². The largest absolute Gasteiger partial charge is 0.369 e. The number of halogens is 1. The van der Waals surface area contributed by atoms with Gasteiger partial charge in [-0.2, -0.15) is 0 Å². The van der Waals surface area contributed by atoms with Crippen molar-refractivity contribution in [1.29, 1.82) is 0 Å². The SMILES string of the molecule is CCN(CC)C(=O)C(c1ccccc1)C1CCN(c2ccc(NC(=O)c3cccnc3C)cc2F)CC1. The highest BCUT2D eigenvalue weighted by Crippen LogP contribution is 2.36. The van der Waals surface area contributed by atoms with Gasteiger partial charge in [-0.1, -0.05) is 30.3 Å². The standard InChI is InChI=1S/C30H35FN4O2/c1-4-34(5-2)30(37)28(22-10-7-6-8-11-22)23-15-18-35(19-16-23)27-14-13-24(20-26(27)31)33-29(36)25-12-9-17-32-21(25)3/h6-14,17,20,23,28H,4-5,15-16,18-19H2,1-3H3,(H,33,36). The number of benzene rings is 2.